The number of nitrogens with two attached hydrogens (primary N) is 1. The molecule has 0 spiro atoms. The Morgan fingerprint density at radius 1 is 1.24 bits per heavy atom. The van der Waals surface area contributed by atoms with E-state index in [9.17, 15) is 13.6 Å². The summed E-state index contributed by atoms with van der Waals surface area (Å²) in [7, 11) is 0. The SMILES string of the molecule is NC1CCCN(C(=O)C2CCC(F)(F)CC2)C1. The number of halogens is 2. The number of carbonyl (C=O) groups excluding carboxylic acids is 1. The van der Waals surface area contributed by atoms with Crippen molar-refractivity contribution in [1.82, 2.24) is 4.90 Å². The third-order valence-corrected chi connectivity index (χ3v) is 3.84. The highest BCUT2D eigenvalue weighted by atomic mass is 19.3. The molecule has 0 aromatic rings. The van der Waals surface area contributed by atoms with E-state index in [0.29, 0.717) is 19.4 Å². The summed E-state index contributed by atoms with van der Waals surface area (Å²) in [6, 6.07) is 0.0535. The second kappa shape index (κ2) is 4.88. The van der Waals surface area contributed by atoms with Crippen LogP contribution in [0.4, 0.5) is 8.78 Å². The first-order valence-corrected chi connectivity index (χ1v) is 6.40. The number of likely N-dealkylation sites (tertiary alicyclic amines) is 1. The quantitative estimate of drug-likeness (QED) is 0.766. The molecule has 0 aromatic heterocycles. The zero-order valence-electron chi connectivity index (χ0n) is 10.0. The van der Waals surface area contributed by atoms with E-state index < -0.39 is 5.92 Å². The summed E-state index contributed by atoms with van der Waals surface area (Å²) in [5, 5.41) is 0. The van der Waals surface area contributed by atoms with Crippen molar-refractivity contribution < 1.29 is 13.6 Å². The van der Waals surface area contributed by atoms with Crippen LogP contribution in [0, 0.1) is 5.92 Å². The van der Waals surface area contributed by atoms with Gasteiger partial charge in [-0.3, -0.25) is 4.79 Å². The zero-order chi connectivity index (χ0) is 12.5. The molecule has 2 aliphatic rings. The van der Waals surface area contributed by atoms with Gasteiger partial charge in [0.2, 0.25) is 11.8 Å². The van der Waals surface area contributed by atoms with Crippen molar-refractivity contribution in [3.8, 4) is 0 Å². The van der Waals surface area contributed by atoms with Gasteiger partial charge in [0.25, 0.3) is 0 Å². The molecular formula is C12H20F2N2O. The van der Waals surface area contributed by atoms with Gasteiger partial charge in [-0.15, -0.1) is 0 Å². The Morgan fingerprint density at radius 3 is 2.47 bits per heavy atom. The lowest BCUT2D eigenvalue weighted by molar-refractivity contribution is -0.140. The fraction of sp³-hybridized carbons (Fsp3) is 0.917. The van der Waals surface area contributed by atoms with E-state index in [0.717, 1.165) is 19.4 Å². The molecule has 1 heterocycles. The molecule has 0 radical (unpaired) electrons. The largest absolute Gasteiger partial charge is 0.341 e. The fourth-order valence-corrected chi connectivity index (χ4v) is 2.76. The highest BCUT2D eigenvalue weighted by molar-refractivity contribution is 5.79. The Morgan fingerprint density at radius 2 is 1.88 bits per heavy atom. The molecule has 2 N–H and O–H groups in total. The average molecular weight is 246 g/mol. The van der Waals surface area contributed by atoms with Gasteiger partial charge in [0.1, 0.15) is 0 Å². The van der Waals surface area contributed by atoms with Gasteiger partial charge < -0.3 is 10.6 Å². The summed E-state index contributed by atoms with van der Waals surface area (Å²) in [6.45, 7) is 1.32. The molecule has 1 amide bonds. The van der Waals surface area contributed by atoms with Crippen molar-refractivity contribution in [1.29, 1.82) is 0 Å². The highest BCUT2D eigenvalue weighted by Gasteiger charge is 2.39. The summed E-state index contributed by atoms with van der Waals surface area (Å²) in [6.07, 6.45) is 2.21. The second-order valence-electron chi connectivity index (χ2n) is 5.32. The fourth-order valence-electron chi connectivity index (χ4n) is 2.76. The Kier molecular flexibility index (Phi) is 3.66. The number of rotatable bonds is 1. The maximum Gasteiger partial charge on any atom is 0.248 e. The predicted molar refractivity (Wildman–Crippen MR) is 60.7 cm³/mol. The van der Waals surface area contributed by atoms with Gasteiger partial charge in [-0.2, -0.15) is 0 Å². The van der Waals surface area contributed by atoms with Crippen LogP contribution in [0.3, 0.4) is 0 Å². The Bertz CT molecular complexity index is 286. The monoisotopic (exact) mass is 246 g/mol. The lowest BCUT2D eigenvalue weighted by Gasteiger charge is -2.35. The molecule has 1 saturated carbocycles. The molecule has 5 heteroatoms. The molecule has 1 unspecified atom stereocenters. The zero-order valence-corrected chi connectivity index (χ0v) is 10.0. The minimum Gasteiger partial charge on any atom is -0.341 e. The van der Waals surface area contributed by atoms with Crippen LogP contribution in [0.25, 0.3) is 0 Å². The summed E-state index contributed by atoms with van der Waals surface area (Å²) < 4.78 is 26.0. The lowest BCUT2D eigenvalue weighted by atomic mass is 9.85. The minimum atomic E-state index is -2.56. The van der Waals surface area contributed by atoms with Crippen molar-refractivity contribution >= 4 is 5.91 Å². The molecule has 1 atom stereocenters. The number of amides is 1. The van der Waals surface area contributed by atoms with Crippen LogP contribution < -0.4 is 5.73 Å². The smallest absolute Gasteiger partial charge is 0.248 e. The van der Waals surface area contributed by atoms with E-state index in [4.69, 9.17) is 5.73 Å². The number of hydrogen-bond donors (Lipinski definition) is 1. The van der Waals surface area contributed by atoms with E-state index in [1.54, 1.807) is 4.90 Å². The van der Waals surface area contributed by atoms with E-state index >= 15 is 0 Å². The first-order valence-electron chi connectivity index (χ1n) is 6.40. The third kappa shape index (κ3) is 3.15. The molecule has 98 valence electrons. The van der Waals surface area contributed by atoms with Crippen molar-refractivity contribution in [2.24, 2.45) is 11.7 Å². The van der Waals surface area contributed by atoms with Gasteiger partial charge in [-0.1, -0.05) is 0 Å². The number of hydrogen-bond acceptors (Lipinski definition) is 2. The van der Waals surface area contributed by atoms with E-state index in [2.05, 4.69) is 0 Å². The Balaban J connectivity index is 1.88. The molecule has 1 aliphatic heterocycles. The molecule has 0 aromatic carbocycles. The van der Waals surface area contributed by atoms with Crippen LogP contribution in [0.15, 0.2) is 0 Å². The minimum absolute atomic E-state index is 0.0376. The molecule has 3 nitrogen and oxygen atoms in total. The summed E-state index contributed by atoms with van der Waals surface area (Å²) in [5.41, 5.74) is 5.82. The second-order valence-corrected chi connectivity index (χ2v) is 5.32. The van der Waals surface area contributed by atoms with Crippen LogP contribution in [0.2, 0.25) is 0 Å². The Labute approximate surface area is 100 Å². The molecule has 2 fully saturated rings. The van der Waals surface area contributed by atoms with Crippen LogP contribution in [0.1, 0.15) is 38.5 Å². The van der Waals surface area contributed by atoms with Gasteiger partial charge >= 0.3 is 0 Å². The van der Waals surface area contributed by atoms with E-state index in [1.807, 2.05) is 0 Å². The number of nitrogens with zero attached hydrogens (tertiary/aromatic N) is 1. The lowest BCUT2D eigenvalue weighted by Crippen LogP contribution is -2.48. The molecule has 1 saturated heterocycles. The summed E-state index contributed by atoms with van der Waals surface area (Å²) in [5.74, 6) is -2.73. The maximum absolute atomic E-state index is 13.0. The maximum atomic E-state index is 13.0. The molecule has 17 heavy (non-hydrogen) atoms. The average Bonchev–Trinajstić information content (AvgIpc) is 2.28. The first-order chi connectivity index (χ1) is 7.98. The van der Waals surface area contributed by atoms with Crippen LogP contribution in [0.5, 0.6) is 0 Å². The van der Waals surface area contributed by atoms with Gasteiger partial charge in [0.15, 0.2) is 0 Å². The van der Waals surface area contributed by atoms with Gasteiger partial charge in [-0.25, -0.2) is 8.78 Å². The molecule has 2 rings (SSSR count). The van der Waals surface area contributed by atoms with Crippen molar-refractivity contribution in [3.63, 3.8) is 0 Å². The number of alkyl halides is 2. The molecular weight excluding hydrogens is 226 g/mol. The summed E-state index contributed by atoms with van der Waals surface area (Å²) in [4.78, 5) is 13.9. The number of piperidine rings is 1. The Hall–Kier alpha value is -0.710. The molecule has 0 bridgehead atoms. The molecule has 1 aliphatic carbocycles. The van der Waals surface area contributed by atoms with E-state index in [1.165, 1.54) is 0 Å². The van der Waals surface area contributed by atoms with Crippen LogP contribution in [-0.2, 0) is 4.79 Å². The third-order valence-electron chi connectivity index (χ3n) is 3.84. The van der Waals surface area contributed by atoms with Gasteiger partial charge in [-0.05, 0) is 25.7 Å². The van der Waals surface area contributed by atoms with Gasteiger partial charge in [0.05, 0.1) is 0 Å². The van der Waals surface area contributed by atoms with Gasteiger partial charge in [0, 0.05) is 37.9 Å². The normalized spacial score (nSPS) is 30.3. The number of carbonyl (C=O) groups is 1. The van der Waals surface area contributed by atoms with Crippen LogP contribution >= 0.6 is 0 Å². The first kappa shape index (κ1) is 12.7. The van der Waals surface area contributed by atoms with Crippen molar-refractivity contribution in [3.05, 3.63) is 0 Å². The van der Waals surface area contributed by atoms with Crippen LogP contribution in [-0.4, -0.2) is 35.9 Å². The highest BCUT2D eigenvalue weighted by Crippen LogP contribution is 2.37. The predicted octanol–water partition coefficient (Wildman–Crippen LogP) is 1.76. The van der Waals surface area contributed by atoms with Crippen molar-refractivity contribution in [2.45, 2.75) is 50.5 Å². The standard InChI is InChI=1S/C12H20F2N2O/c13-12(14)5-3-9(4-6-12)11(17)16-7-1-2-10(15)8-16/h9-10H,1-8,15H2. The van der Waals surface area contributed by atoms with E-state index in [-0.39, 0.29) is 30.7 Å². The summed E-state index contributed by atoms with van der Waals surface area (Å²) >= 11 is 0. The van der Waals surface area contributed by atoms with Crippen molar-refractivity contribution in [2.75, 3.05) is 13.1 Å². The topological polar surface area (TPSA) is 46.3 Å².